The minimum absolute atomic E-state index is 0.275. The summed E-state index contributed by atoms with van der Waals surface area (Å²) in [4.78, 5) is 0. The van der Waals surface area contributed by atoms with Crippen LogP contribution in [-0.4, -0.2) is 7.11 Å². The Hall–Kier alpha value is -0.650. The fraction of sp³-hybridized carbons (Fsp3) is 0.143. The van der Waals surface area contributed by atoms with E-state index in [0.29, 0.717) is 21.3 Å². The van der Waals surface area contributed by atoms with Crippen LogP contribution in [0, 0.1) is 11.6 Å². The Kier molecular flexibility index (Phi) is 5.04. The largest absolute Gasteiger partial charge is 0.496 e. The number of rotatable bonds is 3. The van der Waals surface area contributed by atoms with Gasteiger partial charge in [0, 0.05) is 11.6 Å². The molecule has 0 bridgehead atoms. The van der Waals surface area contributed by atoms with Crippen molar-refractivity contribution in [2.24, 2.45) is 0 Å². The zero-order valence-corrected chi connectivity index (χ0v) is 14.2. The molecule has 0 aliphatic carbocycles. The fourth-order valence-corrected chi connectivity index (χ4v) is 2.68. The molecule has 20 heavy (non-hydrogen) atoms. The minimum Gasteiger partial charge on any atom is -0.496 e. The van der Waals surface area contributed by atoms with E-state index in [2.05, 4.69) is 31.9 Å². The maximum atomic E-state index is 13.6. The molecule has 2 aromatic rings. The van der Waals surface area contributed by atoms with Crippen LogP contribution in [0.25, 0.3) is 0 Å². The van der Waals surface area contributed by atoms with Gasteiger partial charge in [-0.05, 0) is 55.6 Å². The molecule has 0 aromatic heterocycles. The first-order valence-corrected chi connectivity index (χ1v) is 7.58. The maximum Gasteiger partial charge on any atom is 0.141 e. The van der Waals surface area contributed by atoms with E-state index in [4.69, 9.17) is 16.3 Å². The molecule has 6 heteroatoms. The minimum atomic E-state index is -0.649. The third-order valence-corrected chi connectivity index (χ3v) is 4.52. The van der Waals surface area contributed by atoms with Crippen LogP contribution in [0.3, 0.4) is 0 Å². The van der Waals surface area contributed by atoms with Crippen molar-refractivity contribution >= 4 is 43.5 Å². The quantitative estimate of drug-likeness (QED) is 0.562. The first kappa shape index (κ1) is 15.7. The first-order valence-electron chi connectivity index (χ1n) is 5.56. The van der Waals surface area contributed by atoms with E-state index in [0.717, 1.165) is 0 Å². The molecule has 1 nitrogen and oxygen atoms in total. The highest BCUT2D eigenvalue weighted by molar-refractivity contribution is 9.10. The van der Waals surface area contributed by atoms with E-state index >= 15 is 0 Å². The molecule has 0 aliphatic heterocycles. The predicted octanol–water partition coefficient (Wildman–Crippen LogP) is 5.83. The van der Waals surface area contributed by atoms with E-state index in [-0.39, 0.29) is 4.47 Å². The highest BCUT2D eigenvalue weighted by Gasteiger charge is 2.19. The van der Waals surface area contributed by atoms with Crippen molar-refractivity contribution in [1.29, 1.82) is 0 Å². The van der Waals surface area contributed by atoms with Crippen LogP contribution in [-0.2, 0) is 0 Å². The van der Waals surface area contributed by atoms with Crippen molar-refractivity contribution in [3.8, 4) is 5.75 Å². The Morgan fingerprint density at radius 3 is 2.30 bits per heavy atom. The number of hydrogen-bond donors (Lipinski definition) is 0. The van der Waals surface area contributed by atoms with Crippen LogP contribution in [0.1, 0.15) is 16.5 Å². The van der Waals surface area contributed by atoms with Crippen molar-refractivity contribution in [3.05, 3.63) is 62.0 Å². The second kappa shape index (κ2) is 6.41. The molecule has 0 amide bonds. The predicted molar refractivity (Wildman–Crippen MR) is 82.4 cm³/mol. The molecule has 0 saturated heterocycles. The van der Waals surface area contributed by atoms with Gasteiger partial charge in [-0.2, -0.15) is 0 Å². The summed E-state index contributed by atoms with van der Waals surface area (Å²) in [5, 5.41) is -0.649. The lowest BCUT2D eigenvalue weighted by atomic mass is 10.0. The highest BCUT2D eigenvalue weighted by atomic mass is 79.9. The van der Waals surface area contributed by atoms with Gasteiger partial charge in [0.05, 0.1) is 21.4 Å². The number of methoxy groups -OCH3 is 1. The topological polar surface area (TPSA) is 9.23 Å². The van der Waals surface area contributed by atoms with Crippen LogP contribution >= 0.6 is 43.5 Å². The van der Waals surface area contributed by atoms with Crippen molar-refractivity contribution in [2.45, 2.75) is 5.38 Å². The summed E-state index contributed by atoms with van der Waals surface area (Å²) < 4.78 is 32.8. The summed E-state index contributed by atoms with van der Waals surface area (Å²) in [6.07, 6.45) is 0. The Morgan fingerprint density at radius 1 is 1.05 bits per heavy atom. The van der Waals surface area contributed by atoms with E-state index < -0.39 is 17.0 Å². The summed E-state index contributed by atoms with van der Waals surface area (Å²) in [5.41, 5.74) is 1.12. The Labute approximate surface area is 137 Å². The Balaban J connectivity index is 2.49. The van der Waals surface area contributed by atoms with Gasteiger partial charge in [-0.25, -0.2) is 8.78 Å². The monoisotopic (exact) mass is 424 g/mol. The molecule has 0 N–H and O–H groups in total. The van der Waals surface area contributed by atoms with Crippen molar-refractivity contribution in [2.75, 3.05) is 7.11 Å². The third-order valence-electron chi connectivity index (χ3n) is 2.78. The first-order chi connectivity index (χ1) is 9.43. The lowest BCUT2D eigenvalue weighted by molar-refractivity contribution is 0.406. The molecule has 0 fully saturated rings. The average molecular weight is 426 g/mol. The molecule has 0 radical (unpaired) electrons. The zero-order valence-electron chi connectivity index (χ0n) is 10.3. The molecule has 0 saturated carbocycles. The average Bonchev–Trinajstić information content (AvgIpc) is 2.43. The Bertz CT molecular complexity index is 649. The normalized spacial score (nSPS) is 12.3. The number of halogens is 5. The summed E-state index contributed by atoms with van der Waals surface area (Å²) in [7, 11) is 1.43. The van der Waals surface area contributed by atoms with Gasteiger partial charge in [-0.1, -0.05) is 6.07 Å². The van der Waals surface area contributed by atoms with Crippen molar-refractivity contribution in [1.82, 2.24) is 0 Å². The molecule has 0 aliphatic rings. The third kappa shape index (κ3) is 3.15. The number of alkyl halides is 1. The van der Waals surface area contributed by atoms with Crippen LogP contribution in [0.5, 0.6) is 5.75 Å². The lowest BCUT2D eigenvalue weighted by Gasteiger charge is -2.15. The highest BCUT2D eigenvalue weighted by Crippen LogP contribution is 2.38. The van der Waals surface area contributed by atoms with E-state index in [1.165, 1.54) is 25.3 Å². The van der Waals surface area contributed by atoms with Crippen LogP contribution in [0.15, 0.2) is 39.3 Å². The number of hydrogen-bond acceptors (Lipinski definition) is 1. The van der Waals surface area contributed by atoms with Gasteiger partial charge in [0.15, 0.2) is 0 Å². The van der Waals surface area contributed by atoms with Gasteiger partial charge in [0.25, 0.3) is 0 Å². The van der Waals surface area contributed by atoms with Gasteiger partial charge in [-0.15, -0.1) is 11.6 Å². The van der Waals surface area contributed by atoms with Gasteiger partial charge < -0.3 is 4.74 Å². The zero-order chi connectivity index (χ0) is 14.9. The molecule has 106 valence electrons. The number of benzene rings is 2. The van der Waals surface area contributed by atoms with Crippen molar-refractivity contribution < 1.29 is 13.5 Å². The van der Waals surface area contributed by atoms with Gasteiger partial charge in [-0.3, -0.25) is 0 Å². The van der Waals surface area contributed by atoms with Crippen LogP contribution in [0.2, 0.25) is 0 Å². The Morgan fingerprint density at radius 2 is 1.70 bits per heavy atom. The molecule has 2 aromatic carbocycles. The second-order valence-electron chi connectivity index (χ2n) is 4.04. The number of ether oxygens (including phenoxy) is 1. The molecule has 0 heterocycles. The van der Waals surface area contributed by atoms with E-state index in [9.17, 15) is 8.78 Å². The molecule has 1 unspecified atom stereocenters. The van der Waals surface area contributed by atoms with Gasteiger partial charge in [0.2, 0.25) is 0 Å². The van der Waals surface area contributed by atoms with Gasteiger partial charge in [0.1, 0.15) is 17.4 Å². The van der Waals surface area contributed by atoms with Crippen LogP contribution < -0.4 is 4.74 Å². The molecular formula is C14H9Br2ClF2O. The van der Waals surface area contributed by atoms with Crippen LogP contribution in [0.4, 0.5) is 8.78 Å². The van der Waals surface area contributed by atoms with Gasteiger partial charge >= 0.3 is 0 Å². The van der Waals surface area contributed by atoms with Crippen molar-refractivity contribution in [3.63, 3.8) is 0 Å². The summed E-state index contributed by atoms with van der Waals surface area (Å²) in [6.45, 7) is 0. The smallest absolute Gasteiger partial charge is 0.141 e. The second-order valence-corrected chi connectivity index (χ2v) is 6.19. The standard InChI is InChI=1S/C14H9Br2ClF2O/c1-20-13-6-12(19)10(16)5-8(13)14(17)7-2-3-9(15)11(18)4-7/h2-6,14H,1H3. The molecule has 1 atom stereocenters. The maximum absolute atomic E-state index is 13.6. The summed E-state index contributed by atoms with van der Waals surface area (Å²) >= 11 is 12.5. The van der Waals surface area contributed by atoms with E-state index in [1.54, 1.807) is 12.1 Å². The van der Waals surface area contributed by atoms with E-state index in [1.807, 2.05) is 0 Å². The molecule has 2 rings (SSSR count). The molecular weight excluding hydrogens is 417 g/mol. The molecule has 0 spiro atoms. The lowest BCUT2D eigenvalue weighted by Crippen LogP contribution is -1.99. The fourth-order valence-electron chi connectivity index (χ4n) is 1.77. The SMILES string of the molecule is COc1cc(F)c(Br)cc1C(Cl)c1ccc(Br)c(F)c1. The summed E-state index contributed by atoms with van der Waals surface area (Å²) in [6, 6.07) is 7.38. The summed E-state index contributed by atoms with van der Waals surface area (Å²) in [5.74, 6) is -0.543.